The van der Waals surface area contributed by atoms with Crippen molar-refractivity contribution in [1.82, 2.24) is 5.43 Å². The molecule has 0 atom stereocenters. The number of nitrogens with zero attached hydrogens (tertiary/aromatic N) is 6. The van der Waals surface area contributed by atoms with Gasteiger partial charge in [0.05, 0.1) is 54.9 Å². The van der Waals surface area contributed by atoms with E-state index in [0.29, 0.717) is 16.8 Å². The lowest BCUT2D eigenvalue weighted by Crippen LogP contribution is -2.17. The fraction of sp³-hybridized carbons (Fsp3) is 0. The first-order valence-electron chi connectivity index (χ1n) is 15.3. The number of hydrogen-bond donors (Lipinski definition) is 1. The Labute approximate surface area is 306 Å². The number of ether oxygens (including phenoxy) is 2. The van der Waals surface area contributed by atoms with Crippen LogP contribution in [-0.4, -0.2) is 50.0 Å². The maximum absolute atomic E-state index is 12.6. The van der Waals surface area contributed by atoms with Crippen molar-refractivity contribution in [1.29, 1.82) is 0 Å². The van der Waals surface area contributed by atoms with Crippen LogP contribution in [0, 0.1) is 40.5 Å². The van der Waals surface area contributed by atoms with E-state index in [1.807, 2.05) is 0 Å². The van der Waals surface area contributed by atoms with Crippen molar-refractivity contribution < 1.29 is 43.6 Å². The summed E-state index contributed by atoms with van der Waals surface area (Å²) in [7, 11) is 0. The van der Waals surface area contributed by atoms with Gasteiger partial charge in [-0.3, -0.25) is 50.2 Å². The molecule has 0 saturated heterocycles. The smallest absolute Gasteiger partial charge is 0.344 e. The highest BCUT2D eigenvalue weighted by Crippen LogP contribution is 2.26. The van der Waals surface area contributed by atoms with E-state index in [1.54, 1.807) is 24.3 Å². The van der Waals surface area contributed by atoms with E-state index in [2.05, 4.69) is 15.5 Å². The Morgan fingerprint density at radius 3 is 1.27 bits per heavy atom. The number of nitro groups is 4. The van der Waals surface area contributed by atoms with Gasteiger partial charge in [0, 0.05) is 36.0 Å². The monoisotopic (exact) mass is 747 g/mol. The zero-order chi connectivity index (χ0) is 39.6. The molecule has 0 aliphatic heterocycles. The topological polar surface area (TPSA) is 279 Å². The first kappa shape index (κ1) is 37.7. The number of carbonyl (C=O) groups excluding carboxylic acids is 3. The third kappa shape index (κ3) is 10.0. The van der Waals surface area contributed by atoms with Crippen LogP contribution < -0.4 is 14.9 Å². The molecular weight excluding hydrogens is 726 g/mol. The van der Waals surface area contributed by atoms with E-state index in [4.69, 9.17) is 9.47 Å². The first-order chi connectivity index (χ1) is 26.2. The summed E-state index contributed by atoms with van der Waals surface area (Å²) in [5.74, 6) is -2.50. The number of rotatable bonds is 13. The summed E-state index contributed by atoms with van der Waals surface area (Å²) in [6.07, 6.45) is 2.82. The molecule has 1 N–H and O–H groups in total. The summed E-state index contributed by atoms with van der Waals surface area (Å²) in [6, 6.07) is 22.9. The molecule has 5 rings (SSSR count). The molecule has 20 nitrogen and oxygen atoms in total. The van der Waals surface area contributed by atoms with E-state index in [1.165, 1.54) is 61.0 Å². The lowest BCUT2D eigenvalue weighted by atomic mass is 10.1. The Balaban J connectivity index is 1.12. The SMILES string of the molecule is O=C(N/N=C\c1ccc(OC(=O)c2cc([N+](=O)[O-])cc([N+](=O)[O-])c2)cc1)c1ccc(N=Cc2ccc(OC(=O)c3cc([N+](=O)[O-])cc([N+](=O)[O-])c3)cc2)cc1. The van der Waals surface area contributed by atoms with Crippen LogP contribution in [0.15, 0.2) is 119 Å². The van der Waals surface area contributed by atoms with Gasteiger partial charge in [-0.25, -0.2) is 15.0 Å². The number of nitrogens with one attached hydrogen (secondary N) is 1. The van der Waals surface area contributed by atoms with Crippen molar-refractivity contribution in [3.63, 3.8) is 0 Å². The summed E-state index contributed by atoms with van der Waals surface area (Å²) in [4.78, 5) is 82.8. The van der Waals surface area contributed by atoms with Gasteiger partial charge in [0.25, 0.3) is 28.7 Å². The molecule has 20 heteroatoms. The zero-order valence-corrected chi connectivity index (χ0v) is 27.5. The quantitative estimate of drug-likeness (QED) is 0.0457. The van der Waals surface area contributed by atoms with Gasteiger partial charge in [0.1, 0.15) is 11.5 Å². The maximum atomic E-state index is 12.6. The van der Waals surface area contributed by atoms with Crippen molar-refractivity contribution in [2.75, 3.05) is 0 Å². The molecule has 0 saturated carbocycles. The van der Waals surface area contributed by atoms with Crippen LogP contribution >= 0.6 is 0 Å². The molecule has 274 valence electrons. The van der Waals surface area contributed by atoms with Crippen LogP contribution in [0.5, 0.6) is 11.5 Å². The Morgan fingerprint density at radius 2 is 0.891 bits per heavy atom. The van der Waals surface area contributed by atoms with E-state index in [9.17, 15) is 54.8 Å². The highest BCUT2D eigenvalue weighted by Gasteiger charge is 2.22. The van der Waals surface area contributed by atoms with Gasteiger partial charge >= 0.3 is 11.9 Å². The van der Waals surface area contributed by atoms with Gasteiger partial charge in [-0.15, -0.1) is 0 Å². The number of carbonyl (C=O) groups is 3. The average molecular weight is 748 g/mol. The molecule has 1 amide bonds. The van der Waals surface area contributed by atoms with Crippen molar-refractivity contribution in [3.8, 4) is 11.5 Å². The lowest BCUT2D eigenvalue weighted by Gasteiger charge is -2.05. The molecule has 0 aromatic heterocycles. The zero-order valence-electron chi connectivity index (χ0n) is 27.5. The lowest BCUT2D eigenvalue weighted by molar-refractivity contribution is -0.394. The highest BCUT2D eigenvalue weighted by atomic mass is 16.6. The predicted molar refractivity (Wildman–Crippen MR) is 191 cm³/mol. The van der Waals surface area contributed by atoms with Gasteiger partial charge in [-0.1, -0.05) is 0 Å². The number of benzene rings is 5. The van der Waals surface area contributed by atoms with Crippen LogP contribution in [-0.2, 0) is 0 Å². The molecule has 55 heavy (non-hydrogen) atoms. The van der Waals surface area contributed by atoms with Crippen molar-refractivity contribution in [2.45, 2.75) is 0 Å². The molecule has 0 fully saturated rings. The normalized spacial score (nSPS) is 10.8. The van der Waals surface area contributed by atoms with Crippen LogP contribution in [0.4, 0.5) is 28.4 Å². The van der Waals surface area contributed by atoms with E-state index < -0.39 is 60.3 Å². The second kappa shape index (κ2) is 16.6. The minimum absolute atomic E-state index is 0.0395. The molecule has 0 aliphatic carbocycles. The van der Waals surface area contributed by atoms with Crippen molar-refractivity contribution in [2.24, 2.45) is 10.1 Å². The number of hydrogen-bond acceptors (Lipinski definition) is 15. The molecule has 0 radical (unpaired) electrons. The highest BCUT2D eigenvalue weighted by molar-refractivity contribution is 5.96. The van der Waals surface area contributed by atoms with E-state index >= 15 is 0 Å². The van der Waals surface area contributed by atoms with Gasteiger partial charge in [-0.05, 0) is 83.9 Å². The number of non-ortho nitro benzene ring substituents is 4. The number of amides is 1. The molecule has 0 bridgehead atoms. The summed E-state index contributed by atoms with van der Waals surface area (Å²) in [5, 5.41) is 48.3. The van der Waals surface area contributed by atoms with Crippen LogP contribution in [0.2, 0.25) is 0 Å². The maximum Gasteiger partial charge on any atom is 0.344 e. The minimum Gasteiger partial charge on any atom is -0.423 e. The minimum atomic E-state index is -1.05. The van der Waals surface area contributed by atoms with Crippen LogP contribution in [0.1, 0.15) is 42.2 Å². The van der Waals surface area contributed by atoms with Gasteiger partial charge in [0.15, 0.2) is 0 Å². The molecule has 0 aliphatic rings. The Bertz CT molecular complexity index is 2350. The van der Waals surface area contributed by atoms with Gasteiger partial charge < -0.3 is 9.47 Å². The Kier molecular flexibility index (Phi) is 11.4. The van der Waals surface area contributed by atoms with Gasteiger partial charge in [0.2, 0.25) is 0 Å². The largest absolute Gasteiger partial charge is 0.423 e. The number of aliphatic imine (C=N–C) groups is 1. The van der Waals surface area contributed by atoms with Crippen LogP contribution in [0.25, 0.3) is 0 Å². The number of hydrazone groups is 1. The molecule has 0 heterocycles. The Morgan fingerprint density at radius 1 is 0.509 bits per heavy atom. The standard InChI is InChI=1S/C35H21N7O13/c43-33(38-37-20-22-3-11-32(12-4-22)55-35(45)25-15-29(41(50)51)18-30(16-25)42(52)53)23-5-7-26(8-6-23)36-19-21-1-9-31(10-2-21)54-34(44)24-13-27(39(46)47)17-28(14-24)40(48)49/h1-20H,(H,38,43)/b36-19?,37-20-. The molecule has 0 spiro atoms. The summed E-state index contributed by atoms with van der Waals surface area (Å²) < 4.78 is 10.4. The van der Waals surface area contributed by atoms with Crippen LogP contribution in [0.3, 0.4) is 0 Å². The Hall–Kier alpha value is -8.55. The average Bonchev–Trinajstić information content (AvgIpc) is 3.17. The third-order valence-electron chi connectivity index (χ3n) is 7.17. The van der Waals surface area contributed by atoms with E-state index in [-0.39, 0.29) is 28.2 Å². The van der Waals surface area contributed by atoms with Gasteiger partial charge in [-0.2, -0.15) is 5.10 Å². The third-order valence-corrected chi connectivity index (χ3v) is 7.17. The summed E-state index contributed by atoms with van der Waals surface area (Å²) in [5.41, 5.74) is 0.904. The van der Waals surface area contributed by atoms with Crippen molar-refractivity contribution in [3.05, 3.63) is 177 Å². The summed E-state index contributed by atoms with van der Waals surface area (Å²) in [6.45, 7) is 0. The van der Waals surface area contributed by atoms with Crippen molar-refractivity contribution >= 4 is 58.7 Å². The fourth-order valence-electron chi connectivity index (χ4n) is 4.50. The first-order valence-corrected chi connectivity index (χ1v) is 15.3. The second-order valence-corrected chi connectivity index (χ2v) is 10.9. The van der Waals surface area contributed by atoms with E-state index in [0.717, 1.165) is 36.4 Å². The summed E-state index contributed by atoms with van der Waals surface area (Å²) >= 11 is 0. The molecule has 0 unspecified atom stereocenters. The number of nitro benzene ring substituents is 4. The predicted octanol–water partition coefficient (Wildman–Crippen LogP) is 6.27. The fourth-order valence-corrected chi connectivity index (χ4v) is 4.50. The number of esters is 2. The second-order valence-electron chi connectivity index (χ2n) is 10.9. The molecule has 5 aromatic carbocycles. The molecule has 5 aromatic rings. The molecular formula is C35H21N7O13.